The molecular formula is C10H16N2O2. The van der Waals surface area contributed by atoms with Gasteiger partial charge in [-0.1, -0.05) is 0 Å². The molecule has 0 saturated heterocycles. The molecule has 0 radical (unpaired) electrons. The Balaban J connectivity index is 2.13. The summed E-state index contributed by atoms with van der Waals surface area (Å²) in [4.78, 5) is 8.76. The molecule has 4 nitrogen and oxygen atoms in total. The fraction of sp³-hybridized carbons (Fsp3) is 0.800. The van der Waals surface area contributed by atoms with Gasteiger partial charge >= 0.3 is 0 Å². The van der Waals surface area contributed by atoms with E-state index in [1.165, 1.54) is 0 Å². The fourth-order valence-corrected chi connectivity index (χ4v) is 1.49. The zero-order valence-electron chi connectivity index (χ0n) is 8.69. The van der Waals surface area contributed by atoms with Crippen LogP contribution in [0.4, 0.5) is 0 Å². The molecule has 0 saturated carbocycles. The summed E-state index contributed by atoms with van der Waals surface area (Å²) in [5.74, 6) is 1.19. The predicted molar refractivity (Wildman–Crippen MR) is 54.9 cm³/mol. The van der Waals surface area contributed by atoms with E-state index in [9.17, 15) is 0 Å². The van der Waals surface area contributed by atoms with Crippen LogP contribution in [0.5, 0.6) is 0 Å². The maximum absolute atomic E-state index is 5.43. The summed E-state index contributed by atoms with van der Waals surface area (Å²) >= 11 is 0. The van der Waals surface area contributed by atoms with Gasteiger partial charge in [-0.05, 0) is 13.8 Å². The van der Waals surface area contributed by atoms with Crippen molar-refractivity contribution in [3.8, 4) is 0 Å². The summed E-state index contributed by atoms with van der Waals surface area (Å²) in [6.45, 7) is 5.60. The molecule has 4 heteroatoms. The minimum absolute atomic E-state index is 0.322. The minimum Gasteiger partial charge on any atom is -0.474 e. The summed E-state index contributed by atoms with van der Waals surface area (Å²) in [6.07, 6.45) is 1.96. The molecule has 0 aromatic rings. The van der Waals surface area contributed by atoms with Gasteiger partial charge in [0.15, 0.2) is 0 Å². The van der Waals surface area contributed by atoms with Crippen LogP contribution < -0.4 is 0 Å². The molecule has 0 spiro atoms. The lowest BCUT2D eigenvalue weighted by Gasteiger charge is -2.23. The van der Waals surface area contributed by atoms with Crippen molar-refractivity contribution in [1.29, 1.82) is 0 Å². The normalized spacial score (nSPS) is 32.4. The van der Waals surface area contributed by atoms with Crippen molar-refractivity contribution in [2.45, 2.75) is 38.8 Å². The van der Waals surface area contributed by atoms with Crippen molar-refractivity contribution < 1.29 is 9.47 Å². The summed E-state index contributed by atoms with van der Waals surface area (Å²) < 4.78 is 10.9. The first-order chi connectivity index (χ1) is 6.75. The molecule has 0 amide bonds. The smallest absolute Gasteiger partial charge is 0.273 e. The van der Waals surface area contributed by atoms with Gasteiger partial charge in [-0.25, -0.2) is 9.98 Å². The maximum Gasteiger partial charge on any atom is 0.273 e. The zero-order valence-corrected chi connectivity index (χ0v) is 8.69. The van der Waals surface area contributed by atoms with Crippen molar-refractivity contribution in [2.75, 3.05) is 13.2 Å². The Bertz CT molecular complexity index is 245. The topological polar surface area (TPSA) is 43.2 Å². The van der Waals surface area contributed by atoms with Crippen molar-refractivity contribution in [1.82, 2.24) is 0 Å². The second-order valence-electron chi connectivity index (χ2n) is 3.84. The van der Waals surface area contributed by atoms with Crippen LogP contribution in [0.25, 0.3) is 0 Å². The molecular weight excluding hydrogens is 180 g/mol. The Kier molecular flexibility index (Phi) is 2.70. The predicted octanol–water partition coefficient (Wildman–Crippen LogP) is 1.40. The average Bonchev–Trinajstić information content (AvgIpc) is 2.18. The van der Waals surface area contributed by atoms with Crippen LogP contribution in [-0.2, 0) is 9.47 Å². The highest BCUT2D eigenvalue weighted by Crippen LogP contribution is 2.12. The van der Waals surface area contributed by atoms with Gasteiger partial charge in [0.25, 0.3) is 11.8 Å². The molecule has 2 atom stereocenters. The number of rotatable bonds is 1. The van der Waals surface area contributed by atoms with Gasteiger partial charge < -0.3 is 9.47 Å². The lowest BCUT2D eigenvalue weighted by molar-refractivity contribution is 0.234. The molecule has 78 valence electrons. The third kappa shape index (κ3) is 2.05. The first kappa shape index (κ1) is 9.49. The average molecular weight is 196 g/mol. The van der Waals surface area contributed by atoms with Crippen LogP contribution in [0.15, 0.2) is 9.98 Å². The van der Waals surface area contributed by atoms with Crippen LogP contribution >= 0.6 is 0 Å². The van der Waals surface area contributed by atoms with Crippen LogP contribution in [0.1, 0.15) is 26.7 Å². The Morgan fingerprint density at radius 2 is 1.36 bits per heavy atom. The molecule has 0 aromatic heterocycles. The molecule has 2 aliphatic rings. The molecule has 0 fully saturated rings. The zero-order chi connectivity index (χ0) is 9.97. The molecule has 0 N–H and O–H groups in total. The number of hydrogen-bond acceptors (Lipinski definition) is 4. The largest absolute Gasteiger partial charge is 0.474 e. The Labute approximate surface area is 84.0 Å². The van der Waals surface area contributed by atoms with E-state index in [0.717, 1.165) is 26.1 Å². The SMILES string of the molecule is CC1CCOC(C2=NC(C)CCO2)=N1. The quantitative estimate of drug-likeness (QED) is 0.636. The Morgan fingerprint density at radius 1 is 0.929 bits per heavy atom. The molecule has 2 aliphatic heterocycles. The summed E-state index contributed by atoms with van der Waals surface area (Å²) in [6, 6.07) is 0.643. The molecule has 0 bridgehead atoms. The van der Waals surface area contributed by atoms with Crippen LogP contribution in [-0.4, -0.2) is 37.1 Å². The van der Waals surface area contributed by atoms with E-state index in [2.05, 4.69) is 23.8 Å². The Morgan fingerprint density at radius 3 is 1.71 bits per heavy atom. The van der Waals surface area contributed by atoms with Gasteiger partial charge in [0.05, 0.1) is 25.3 Å². The van der Waals surface area contributed by atoms with Crippen molar-refractivity contribution in [3.05, 3.63) is 0 Å². The number of hydrogen-bond donors (Lipinski definition) is 0. The second-order valence-corrected chi connectivity index (χ2v) is 3.84. The van der Waals surface area contributed by atoms with Crippen LogP contribution in [0.2, 0.25) is 0 Å². The maximum atomic E-state index is 5.43. The van der Waals surface area contributed by atoms with Gasteiger partial charge in [-0.15, -0.1) is 0 Å². The molecule has 14 heavy (non-hydrogen) atoms. The highest BCUT2D eigenvalue weighted by atomic mass is 16.5. The number of nitrogens with zero attached hydrogens (tertiary/aromatic N) is 2. The monoisotopic (exact) mass is 196 g/mol. The van der Waals surface area contributed by atoms with Gasteiger partial charge in [0.2, 0.25) is 0 Å². The summed E-state index contributed by atoms with van der Waals surface area (Å²) in [5, 5.41) is 0. The fourth-order valence-electron chi connectivity index (χ4n) is 1.49. The van der Waals surface area contributed by atoms with Crippen LogP contribution in [0, 0.1) is 0 Å². The van der Waals surface area contributed by atoms with E-state index in [4.69, 9.17) is 9.47 Å². The molecule has 2 rings (SSSR count). The van der Waals surface area contributed by atoms with E-state index < -0.39 is 0 Å². The van der Waals surface area contributed by atoms with E-state index in [1.54, 1.807) is 0 Å². The van der Waals surface area contributed by atoms with E-state index in [-0.39, 0.29) is 0 Å². The van der Waals surface area contributed by atoms with Gasteiger partial charge in [0, 0.05) is 12.8 Å². The first-order valence-corrected chi connectivity index (χ1v) is 5.17. The third-order valence-electron chi connectivity index (χ3n) is 2.41. The lowest BCUT2D eigenvalue weighted by Crippen LogP contribution is -2.32. The van der Waals surface area contributed by atoms with Gasteiger partial charge in [0.1, 0.15) is 0 Å². The standard InChI is InChI=1S/C10H16N2O2/c1-7-3-5-13-9(11-7)10-12-8(2)4-6-14-10/h7-8H,3-6H2,1-2H3. The number of ether oxygens (including phenoxy) is 2. The summed E-state index contributed by atoms with van der Waals surface area (Å²) in [7, 11) is 0. The second kappa shape index (κ2) is 3.98. The first-order valence-electron chi connectivity index (χ1n) is 5.17. The van der Waals surface area contributed by atoms with E-state index >= 15 is 0 Å². The van der Waals surface area contributed by atoms with Crippen LogP contribution in [0.3, 0.4) is 0 Å². The van der Waals surface area contributed by atoms with Crippen molar-refractivity contribution >= 4 is 11.8 Å². The molecule has 2 heterocycles. The number of aliphatic imine (C=N–C) groups is 2. The van der Waals surface area contributed by atoms with Crippen molar-refractivity contribution in [3.63, 3.8) is 0 Å². The lowest BCUT2D eigenvalue weighted by atomic mass is 10.2. The highest BCUT2D eigenvalue weighted by Gasteiger charge is 2.22. The molecule has 0 aromatic carbocycles. The highest BCUT2D eigenvalue weighted by molar-refractivity contribution is 6.35. The van der Waals surface area contributed by atoms with Gasteiger partial charge in [-0.3, -0.25) is 0 Å². The molecule has 0 aliphatic carbocycles. The third-order valence-corrected chi connectivity index (χ3v) is 2.41. The Hall–Kier alpha value is -1.06. The van der Waals surface area contributed by atoms with Gasteiger partial charge in [-0.2, -0.15) is 0 Å². The van der Waals surface area contributed by atoms with E-state index in [1.807, 2.05) is 0 Å². The summed E-state index contributed by atoms with van der Waals surface area (Å²) in [5.41, 5.74) is 0. The van der Waals surface area contributed by atoms with E-state index in [0.29, 0.717) is 23.9 Å². The van der Waals surface area contributed by atoms with Crippen molar-refractivity contribution in [2.24, 2.45) is 9.98 Å². The minimum atomic E-state index is 0.322. The molecule has 2 unspecified atom stereocenters.